The molecule has 0 spiro atoms. The molecule has 0 saturated heterocycles. The predicted molar refractivity (Wildman–Crippen MR) is 114 cm³/mol. The second-order valence-corrected chi connectivity index (χ2v) is 8.43. The zero-order valence-electron chi connectivity index (χ0n) is 18.0. The van der Waals surface area contributed by atoms with Crippen molar-refractivity contribution in [3.63, 3.8) is 0 Å². The van der Waals surface area contributed by atoms with E-state index in [0.717, 1.165) is 36.3 Å². The van der Waals surface area contributed by atoms with Gasteiger partial charge in [-0.2, -0.15) is 0 Å². The largest absolute Gasteiger partial charge is 0.493 e. The number of carbonyl (C=O) groups excluding carboxylic acids is 1. The highest BCUT2D eigenvalue weighted by molar-refractivity contribution is 5.69. The summed E-state index contributed by atoms with van der Waals surface area (Å²) < 4.78 is 16.8. The standard InChI is InChI=1S/C24H31NO4/c1-24(2,3)29-23(26)25(16-17-9-7-6-8-10-17)19-12-13-20-18(15-19)11-14-21(27-4)22(20)28-5/h6-11,14,19H,12-13,15-16H2,1-5H3/t19-/m0/s1. The first-order chi connectivity index (χ1) is 13.8. The molecule has 0 bridgehead atoms. The maximum Gasteiger partial charge on any atom is 0.410 e. The molecule has 5 heteroatoms. The quantitative estimate of drug-likeness (QED) is 0.712. The van der Waals surface area contributed by atoms with Gasteiger partial charge in [0.25, 0.3) is 0 Å². The fourth-order valence-corrected chi connectivity index (χ4v) is 3.87. The van der Waals surface area contributed by atoms with Gasteiger partial charge in [0.05, 0.1) is 14.2 Å². The van der Waals surface area contributed by atoms with E-state index in [1.165, 1.54) is 11.1 Å². The van der Waals surface area contributed by atoms with E-state index in [4.69, 9.17) is 14.2 Å². The van der Waals surface area contributed by atoms with Gasteiger partial charge in [0, 0.05) is 18.2 Å². The number of hydrogen-bond acceptors (Lipinski definition) is 4. The molecule has 1 amide bonds. The highest BCUT2D eigenvalue weighted by Crippen LogP contribution is 2.38. The lowest BCUT2D eigenvalue weighted by atomic mass is 9.86. The molecule has 5 nitrogen and oxygen atoms in total. The van der Waals surface area contributed by atoms with Gasteiger partial charge < -0.3 is 19.1 Å². The Kier molecular flexibility index (Phi) is 6.36. The molecule has 0 aliphatic heterocycles. The first kappa shape index (κ1) is 21.0. The summed E-state index contributed by atoms with van der Waals surface area (Å²) in [6, 6.07) is 14.2. The third-order valence-corrected chi connectivity index (χ3v) is 5.19. The van der Waals surface area contributed by atoms with Crippen LogP contribution in [0.1, 0.15) is 43.9 Å². The molecule has 1 atom stereocenters. The van der Waals surface area contributed by atoms with Gasteiger partial charge >= 0.3 is 6.09 Å². The van der Waals surface area contributed by atoms with Crippen molar-refractivity contribution in [1.82, 2.24) is 4.90 Å². The Balaban J connectivity index is 1.88. The molecule has 0 fully saturated rings. The molecule has 0 N–H and O–H groups in total. The van der Waals surface area contributed by atoms with Crippen molar-refractivity contribution < 1.29 is 19.0 Å². The van der Waals surface area contributed by atoms with E-state index in [2.05, 4.69) is 6.07 Å². The molecule has 0 radical (unpaired) electrons. The minimum atomic E-state index is -0.533. The summed E-state index contributed by atoms with van der Waals surface area (Å²) in [7, 11) is 3.33. The lowest BCUT2D eigenvalue weighted by Gasteiger charge is -2.36. The fourth-order valence-electron chi connectivity index (χ4n) is 3.87. The summed E-state index contributed by atoms with van der Waals surface area (Å²) in [6.07, 6.45) is 2.18. The van der Waals surface area contributed by atoms with E-state index in [1.807, 2.05) is 62.1 Å². The number of methoxy groups -OCH3 is 2. The van der Waals surface area contributed by atoms with Crippen LogP contribution in [0.4, 0.5) is 4.79 Å². The summed E-state index contributed by atoms with van der Waals surface area (Å²) >= 11 is 0. The maximum absolute atomic E-state index is 13.1. The zero-order valence-corrected chi connectivity index (χ0v) is 18.0. The van der Waals surface area contributed by atoms with Crippen molar-refractivity contribution in [3.8, 4) is 11.5 Å². The summed E-state index contributed by atoms with van der Waals surface area (Å²) in [5.74, 6) is 1.55. The molecule has 29 heavy (non-hydrogen) atoms. The Morgan fingerprint density at radius 1 is 1.07 bits per heavy atom. The molecule has 0 heterocycles. The lowest BCUT2D eigenvalue weighted by molar-refractivity contribution is 0.0124. The van der Waals surface area contributed by atoms with Crippen LogP contribution in [0.5, 0.6) is 11.5 Å². The number of amides is 1. The normalized spacial score (nSPS) is 16.0. The number of nitrogens with zero attached hydrogens (tertiary/aromatic N) is 1. The summed E-state index contributed by atoms with van der Waals surface area (Å²) in [5, 5.41) is 0. The van der Waals surface area contributed by atoms with E-state index in [-0.39, 0.29) is 12.1 Å². The van der Waals surface area contributed by atoms with Gasteiger partial charge in [-0.1, -0.05) is 36.4 Å². The molecule has 1 aliphatic carbocycles. The van der Waals surface area contributed by atoms with E-state index >= 15 is 0 Å². The van der Waals surface area contributed by atoms with Gasteiger partial charge in [-0.25, -0.2) is 4.79 Å². The number of ether oxygens (including phenoxy) is 3. The molecule has 2 aromatic rings. The molecule has 1 aliphatic rings. The minimum absolute atomic E-state index is 0.0654. The van der Waals surface area contributed by atoms with Crippen molar-refractivity contribution in [2.24, 2.45) is 0 Å². The average Bonchev–Trinajstić information content (AvgIpc) is 2.70. The summed E-state index contributed by atoms with van der Waals surface area (Å²) in [4.78, 5) is 14.9. The van der Waals surface area contributed by atoms with Crippen molar-refractivity contribution in [1.29, 1.82) is 0 Å². The zero-order chi connectivity index (χ0) is 21.0. The molecule has 3 rings (SSSR count). The molecule has 0 aromatic heterocycles. The van der Waals surface area contributed by atoms with Crippen LogP contribution in [0.3, 0.4) is 0 Å². The molecular formula is C24H31NO4. The van der Waals surface area contributed by atoms with Crippen LogP contribution in [-0.2, 0) is 24.1 Å². The Morgan fingerprint density at radius 3 is 2.41 bits per heavy atom. The Hall–Kier alpha value is -2.69. The SMILES string of the molecule is COc1ccc2c(c1OC)CC[C@H](N(Cc1ccccc1)C(=O)OC(C)(C)C)C2. The number of hydrogen-bond donors (Lipinski definition) is 0. The van der Waals surface area contributed by atoms with Crippen LogP contribution in [-0.4, -0.2) is 36.9 Å². The predicted octanol–water partition coefficient (Wildman–Crippen LogP) is 5.00. The van der Waals surface area contributed by atoms with Crippen LogP contribution in [0, 0.1) is 0 Å². The molecule has 0 unspecified atom stereocenters. The highest BCUT2D eigenvalue weighted by atomic mass is 16.6. The summed E-state index contributed by atoms with van der Waals surface area (Å²) in [5.41, 5.74) is 2.93. The van der Waals surface area contributed by atoms with Crippen molar-refractivity contribution in [2.45, 2.75) is 58.2 Å². The Labute approximate surface area is 173 Å². The van der Waals surface area contributed by atoms with Crippen LogP contribution in [0.2, 0.25) is 0 Å². The minimum Gasteiger partial charge on any atom is -0.493 e. The van der Waals surface area contributed by atoms with Gasteiger partial charge in [-0.05, 0) is 57.2 Å². The number of fused-ring (bicyclic) bond motifs is 1. The van der Waals surface area contributed by atoms with Gasteiger partial charge in [0.2, 0.25) is 0 Å². The van der Waals surface area contributed by atoms with Gasteiger partial charge in [-0.15, -0.1) is 0 Å². The van der Waals surface area contributed by atoms with Crippen LogP contribution in [0.15, 0.2) is 42.5 Å². The molecule has 2 aromatic carbocycles. The molecule has 0 saturated carbocycles. The lowest BCUT2D eigenvalue weighted by Crippen LogP contribution is -2.45. The first-order valence-electron chi connectivity index (χ1n) is 10.1. The third kappa shape index (κ3) is 5.03. The Morgan fingerprint density at radius 2 is 1.79 bits per heavy atom. The van der Waals surface area contributed by atoms with Crippen molar-refractivity contribution >= 4 is 6.09 Å². The summed E-state index contributed by atoms with van der Waals surface area (Å²) in [6.45, 7) is 6.24. The van der Waals surface area contributed by atoms with Crippen molar-refractivity contribution in [2.75, 3.05) is 14.2 Å². The number of carbonyl (C=O) groups is 1. The van der Waals surface area contributed by atoms with Crippen LogP contribution in [0.25, 0.3) is 0 Å². The second-order valence-electron chi connectivity index (χ2n) is 8.43. The van der Waals surface area contributed by atoms with Crippen LogP contribution < -0.4 is 9.47 Å². The second kappa shape index (κ2) is 8.76. The fraction of sp³-hybridized carbons (Fsp3) is 0.458. The highest BCUT2D eigenvalue weighted by Gasteiger charge is 2.32. The smallest absolute Gasteiger partial charge is 0.410 e. The number of rotatable bonds is 5. The van der Waals surface area contributed by atoms with Gasteiger partial charge in [-0.3, -0.25) is 0 Å². The van der Waals surface area contributed by atoms with E-state index in [0.29, 0.717) is 6.54 Å². The third-order valence-electron chi connectivity index (χ3n) is 5.19. The molecule has 156 valence electrons. The maximum atomic E-state index is 13.1. The van der Waals surface area contributed by atoms with E-state index < -0.39 is 5.60 Å². The van der Waals surface area contributed by atoms with E-state index in [1.54, 1.807) is 14.2 Å². The van der Waals surface area contributed by atoms with E-state index in [9.17, 15) is 4.79 Å². The number of benzene rings is 2. The first-order valence-corrected chi connectivity index (χ1v) is 10.1. The Bertz CT molecular complexity index is 842. The topological polar surface area (TPSA) is 48.0 Å². The van der Waals surface area contributed by atoms with Crippen LogP contribution >= 0.6 is 0 Å². The molecular weight excluding hydrogens is 366 g/mol. The van der Waals surface area contributed by atoms with Gasteiger partial charge in [0.1, 0.15) is 5.60 Å². The van der Waals surface area contributed by atoms with Crippen molar-refractivity contribution in [3.05, 3.63) is 59.2 Å². The average molecular weight is 398 g/mol. The monoisotopic (exact) mass is 397 g/mol. The van der Waals surface area contributed by atoms with Gasteiger partial charge in [0.15, 0.2) is 11.5 Å².